The standard InChI is InChI=1S/C16H29N3O4/c1-16(2,3)23-15(21)19-9-5-8-13(19)11-6-4-7-12(11)18-22-10-14(17)20/h11-13,18H,4-10H2,1-3H3,(H2,17,20). The molecule has 2 fully saturated rings. The van der Waals surface area contributed by atoms with Crippen LogP contribution in [0.3, 0.4) is 0 Å². The van der Waals surface area contributed by atoms with Crippen LogP contribution in [0.5, 0.6) is 0 Å². The molecule has 1 heterocycles. The van der Waals surface area contributed by atoms with E-state index in [2.05, 4.69) is 5.48 Å². The average Bonchev–Trinajstić information content (AvgIpc) is 3.03. The molecule has 0 aromatic rings. The highest BCUT2D eigenvalue weighted by molar-refractivity contribution is 5.74. The van der Waals surface area contributed by atoms with Crippen LogP contribution < -0.4 is 11.2 Å². The summed E-state index contributed by atoms with van der Waals surface area (Å²) in [5, 5.41) is 0. The van der Waals surface area contributed by atoms with Crippen LogP contribution in [0.25, 0.3) is 0 Å². The van der Waals surface area contributed by atoms with Crippen molar-refractivity contribution in [3.63, 3.8) is 0 Å². The molecule has 23 heavy (non-hydrogen) atoms. The fourth-order valence-corrected chi connectivity index (χ4v) is 3.60. The summed E-state index contributed by atoms with van der Waals surface area (Å²) < 4.78 is 5.53. The fraction of sp³-hybridized carbons (Fsp3) is 0.875. The minimum Gasteiger partial charge on any atom is -0.444 e. The zero-order chi connectivity index (χ0) is 17.0. The SMILES string of the molecule is CC(C)(C)OC(=O)N1CCCC1C1CCCC1NOCC(N)=O. The van der Waals surface area contributed by atoms with Crippen molar-refractivity contribution in [1.82, 2.24) is 10.4 Å². The number of nitrogens with two attached hydrogens (primary N) is 1. The summed E-state index contributed by atoms with van der Waals surface area (Å²) >= 11 is 0. The monoisotopic (exact) mass is 327 g/mol. The lowest BCUT2D eigenvalue weighted by Crippen LogP contribution is -2.47. The van der Waals surface area contributed by atoms with Crippen molar-refractivity contribution in [1.29, 1.82) is 0 Å². The van der Waals surface area contributed by atoms with Gasteiger partial charge in [0.1, 0.15) is 12.2 Å². The molecule has 0 aromatic heterocycles. The first-order valence-corrected chi connectivity index (χ1v) is 8.43. The van der Waals surface area contributed by atoms with Gasteiger partial charge >= 0.3 is 6.09 Å². The number of primary amides is 1. The first kappa shape index (κ1) is 18.0. The highest BCUT2D eigenvalue weighted by Gasteiger charge is 2.42. The van der Waals surface area contributed by atoms with Crippen molar-refractivity contribution in [3.05, 3.63) is 0 Å². The molecule has 132 valence electrons. The Kier molecular flexibility index (Phi) is 5.86. The Morgan fingerprint density at radius 1 is 1.22 bits per heavy atom. The molecule has 2 aliphatic rings. The third-order valence-electron chi connectivity index (χ3n) is 4.44. The fourth-order valence-electron chi connectivity index (χ4n) is 3.60. The molecular formula is C16H29N3O4. The van der Waals surface area contributed by atoms with E-state index in [1.807, 2.05) is 25.7 Å². The minimum atomic E-state index is -0.497. The summed E-state index contributed by atoms with van der Waals surface area (Å²) in [6, 6.07) is 0.310. The second kappa shape index (κ2) is 7.49. The number of hydrogen-bond donors (Lipinski definition) is 2. The molecule has 1 saturated carbocycles. The first-order valence-electron chi connectivity index (χ1n) is 8.43. The quantitative estimate of drug-likeness (QED) is 0.747. The van der Waals surface area contributed by atoms with E-state index < -0.39 is 11.5 Å². The van der Waals surface area contributed by atoms with E-state index in [1.165, 1.54) is 0 Å². The maximum atomic E-state index is 12.4. The molecule has 7 heteroatoms. The molecular weight excluding hydrogens is 298 g/mol. The van der Waals surface area contributed by atoms with Gasteiger partial charge in [0.25, 0.3) is 0 Å². The molecule has 0 bridgehead atoms. The van der Waals surface area contributed by atoms with Crippen LogP contribution in [-0.4, -0.2) is 47.7 Å². The maximum Gasteiger partial charge on any atom is 0.410 e. The van der Waals surface area contributed by atoms with Gasteiger partial charge < -0.3 is 15.4 Å². The van der Waals surface area contributed by atoms with Crippen molar-refractivity contribution in [2.45, 2.75) is 70.6 Å². The van der Waals surface area contributed by atoms with E-state index in [-0.39, 0.29) is 24.8 Å². The van der Waals surface area contributed by atoms with Crippen molar-refractivity contribution in [3.8, 4) is 0 Å². The van der Waals surface area contributed by atoms with Gasteiger partial charge in [0.15, 0.2) is 0 Å². The molecule has 7 nitrogen and oxygen atoms in total. The number of nitrogens with zero attached hydrogens (tertiary/aromatic N) is 1. The number of nitrogens with one attached hydrogen (secondary N) is 1. The van der Waals surface area contributed by atoms with E-state index >= 15 is 0 Å². The summed E-state index contributed by atoms with van der Waals surface area (Å²) in [4.78, 5) is 30.3. The van der Waals surface area contributed by atoms with Gasteiger partial charge in [0, 0.05) is 18.6 Å². The third kappa shape index (κ3) is 5.07. The van der Waals surface area contributed by atoms with E-state index in [4.69, 9.17) is 15.3 Å². The summed E-state index contributed by atoms with van der Waals surface area (Å²) in [6.07, 6.45) is 4.85. The number of carbonyl (C=O) groups excluding carboxylic acids is 2. The van der Waals surface area contributed by atoms with Crippen LogP contribution in [0.15, 0.2) is 0 Å². The van der Waals surface area contributed by atoms with Crippen molar-refractivity contribution in [2.75, 3.05) is 13.2 Å². The van der Waals surface area contributed by atoms with Crippen molar-refractivity contribution in [2.24, 2.45) is 11.7 Å². The molecule has 3 N–H and O–H groups in total. The number of rotatable bonds is 5. The molecule has 1 aliphatic heterocycles. The van der Waals surface area contributed by atoms with Crippen molar-refractivity contribution < 1.29 is 19.2 Å². The Morgan fingerprint density at radius 3 is 2.61 bits per heavy atom. The summed E-state index contributed by atoms with van der Waals surface area (Å²) in [5.74, 6) is -0.179. The normalized spacial score (nSPS) is 28.1. The largest absolute Gasteiger partial charge is 0.444 e. The Morgan fingerprint density at radius 2 is 1.96 bits per heavy atom. The number of ether oxygens (including phenoxy) is 1. The molecule has 0 aromatic carbocycles. The number of likely N-dealkylation sites (tertiary alicyclic amines) is 1. The number of hydrogen-bond acceptors (Lipinski definition) is 5. The third-order valence-corrected chi connectivity index (χ3v) is 4.44. The van der Waals surface area contributed by atoms with Crippen LogP contribution in [-0.2, 0) is 14.4 Å². The Balaban J connectivity index is 1.95. The van der Waals surface area contributed by atoms with E-state index in [0.717, 1.165) is 38.6 Å². The minimum absolute atomic E-state index is 0.135. The van der Waals surface area contributed by atoms with Crippen LogP contribution >= 0.6 is 0 Å². The molecule has 2 amide bonds. The topological polar surface area (TPSA) is 93.9 Å². The lowest BCUT2D eigenvalue weighted by Gasteiger charge is -2.34. The molecule has 3 unspecified atom stereocenters. The maximum absolute atomic E-state index is 12.4. The second-order valence-electron chi connectivity index (χ2n) is 7.46. The van der Waals surface area contributed by atoms with Crippen LogP contribution in [0.4, 0.5) is 4.79 Å². The Labute approximate surface area is 137 Å². The van der Waals surface area contributed by atoms with Gasteiger partial charge in [-0.1, -0.05) is 6.42 Å². The molecule has 0 spiro atoms. The summed E-state index contributed by atoms with van der Waals surface area (Å²) in [5.41, 5.74) is 7.57. The van der Waals surface area contributed by atoms with Gasteiger partial charge in [-0.2, -0.15) is 5.48 Å². The second-order valence-corrected chi connectivity index (χ2v) is 7.46. The van der Waals surface area contributed by atoms with E-state index in [0.29, 0.717) is 5.92 Å². The van der Waals surface area contributed by atoms with Gasteiger partial charge in [-0.25, -0.2) is 4.79 Å². The van der Waals surface area contributed by atoms with Gasteiger partial charge in [0.2, 0.25) is 5.91 Å². The van der Waals surface area contributed by atoms with Gasteiger partial charge in [-0.3, -0.25) is 9.63 Å². The zero-order valence-electron chi connectivity index (χ0n) is 14.3. The molecule has 0 radical (unpaired) electrons. The highest BCUT2D eigenvalue weighted by atomic mass is 16.6. The first-order chi connectivity index (χ1) is 10.8. The molecule has 1 aliphatic carbocycles. The molecule has 1 saturated heterocycles. The summed E-state index contributed by atoms with van der Waals surface area (Å²) in [6.45, 7) is 6.25. The lowest BCUT2D eigenvalue weighted by molar-refractivity contribution is -0.126. The zero-order valence-corrected chi connectivity index (χ0v) is 14.3. The van der Waals surface area contributed by atoms with Gasteiger partial charge in [-0.15, -0.1) is 0 Å². The Bertz CT molecular complexity index is 436. The van der Waals surface area contributed by atoms with Crippen LogP contribution in [0.1, 0.15) is 52.9 Å². The number of hydroxylamine groups is 1. The average molecular weight is 327 g/mol. The molecule has 3 atom stereocenters. The van der Waals surface area contributed by atoms with Crippen LogP contribution in [0, 0.1) is 5.92 Å². The summed E-state index contributed by atoms with van der Waals surface area (Å²) in [7, 11) is 0. The number of carbonyl (C=O) groups is 2. The van der Waals surface area contributed by atoms with Gasteiger partial charge in [-0.05, 0) is 52.4 Å². The lowest BCUT2D eigenvalue weighted by atomic mass is 9.93. The smallest absolute Gasteiger partial charge is 0.410 e. The number of amides is 2. The predicted molar refractivity (Wildman–Crippen MR) is 85.4 cm³/mol. The predicted octanol–water partition coefficient (Wildman–Crippen LogP) is 1.56. The van der Waals surface area contributed by atoms with Gasteiger partial charge in [0.05, 0.1) is 0 Å². The van der Waals surface area contributed by atoms with E-state index in [9.17, 15) is 9.59 Å². The van der Waals surface area contributed by atoms with E-state index in [1.54, 1.807) is 0 Å². The van der Waals surface area contributed by atoms with Crippen molar-refractivity contribution >= 4 is 12.0 Å². The Hall–Kier alpha value is -1.34. The highest BCUT2D eigenvalue weighted by Crippen LogP contribution is 2.36. The molecule has 2 rings (SSSR count). The van der Waals surface area contributed by atoms with Crippen LogP contribution in [0.2, 0.25) is 0 Å².